The van der Waals surface area contributed by atoms with Gasteiger partial charge in [0.2, 0.25) is 0 Å². The first kappa shape index (κ1) is 29.4. The van der Waals surface area contributed by atoms with Gasteiger partial charge in [-0.25, -0.2) is 9.59 Å². The van der Waals surface area contributed by atoms with Gasteiger partial charge in [0.15, 0.2) is 12.3 Å². The van der Waals surface area contributed by atoms with Crippen LogP contribution in [0.4, 0.5) is 4.79 Å². The maximum absolute atomic E-state index is 12.8. The van der Waals surface area contributed by atoms with Crippen molar-refractivity contribution >= 4 is 24.0 Å². The van der Waals surface area contributed by atoms with Crippen molar-refractivity contribution < 1.29 is 47.6 Å². The molecule has 11 nitrogen and oxygen atoms in total. The van der Waals surface area contributed by atoms with Gasteiger partial charge in [0.25, 0.3) is 0 Å². The highest BCUT2D eigenvalue weighted by Gasteiger charge is 2.37. The minimum Gasteiger partial charge on any atom is -0.463 e. The van der Waals surface area contributed by atoms with Crippen LogP contribution in [-0.2, 0) is 42.8 Å². The summed E-state index contributed by atoms with van der Waals surface area (Å²) in [4.78, 5) is 47.8. The molecule has 0 radical (unpaired) electrons. The number of ether oxygens (including phenoxy) is 6. The Balaban J connectivity index is 3.00. The van der Waals surface area contributed by atoms with Crippen molar-refractivity contribution in [2.45, 2.75) is 104 Å². The maximum Gasteiger partial charge on any atom is 0.408 e. The van der Waals surface area contributed by atoms with E-state index in [0.717, 1.165) is 0 Å². The minimum absolute atomic E-state index is 0.183. The molecule has 0 unspecified atom stereocenters. The number of rotatable bonds is 8. The lowest BCUT2D eigenvalue weighted by Gasteiger charge is -2.34. The molecule has 0 bridgehead atoms. The molecule has 34 heavy (non-hydrogen) atoms. The van der Waals surface area contributed by atoms with Crippen molar-refractivity contribution in [3.05, 3.63) is 12.2 Å². The molecule has 1 aliphatic heterocycles. The first-order valence-corrected chi connectivity index (χ1v) is 11.0. The molecule has 1 amide bonds. The molecule has 0 aromatic heterocycles. The van der Waals surface area contributed by atoms with Crippen LogP contribution in [0.3, 0.4) is 0 Å². The van der Waals surface area contributed by atoms with E-state index in [1.807, 2.05) is 0 Å². The number of hydrogen-bond acceptors (Lipinski definition) is 10. The molecule has 1 N–H and O–H groups in total. The van der Waals surface area contributed by atoms with Crippen LogP contribution in [0.15, 0.2) is 12.2 Å². The van der Waals surface area contributed by atoms with E-state index >= 15 is 0 Å². The number of alkyl carbamates (subject to hydrolysis) is 1. The lowest BCUT2D eigenvalue weighted by Crippen LogP contribution is -2.53. The summed E-state index contributed by atoms with van der Waals surface area (Å²) in [5, 5.41) is 2.49. The lowest BCUT2D eigenvalue weighted by atomic mass is 10.1. The first-order chi connectivity index (χ1) is 15.5. The van der Waals surface area contributed by atoms with Gasteiger partial charge in [-0.1, -0.05) is 0 Å². The summed E-state index contributed by atoms with van der Waals surface area (Å²) in [6, 6.07) is -1.22. The predicted octanol–water partition coefficient (Wildman–Crippen LogP) is 2.40. The minimum atomic E-state index is -1.22. The Hall–Kier alpha value is -2.66. The standard InChI is InChI=1S/C23H37NO10/c1-13(19(20(27)33-22(4,5)6)24-21(28)34-23(7,8)9)30-18-11-10-16(31-15(3)26)17(32-18)12-29-14(2)25/h10-11,13,16-19H,12H2,1-9H3,(H,24,28)/t13-,16+,17-,18+,19-/m1/s1. The van der Waals surface area contributed by atoms with Crippen LogP contribution >= 0.6 is 0 Å². The number of carbonyl (C=O) groups excluding carboxylic acids is 4. The Morgan fingerprint density at radius 3 is 2.03 bits per heavy atom. The molecule has 1 heterocycles. The Kier molecular flexibility index (Phi) is 10.5. The van der Waals surface area contributed by atoms with E-state index < -0.39 is 65.8 Å². The van der Waals surface area contributed by atoms with E-state index in [1.54, 1.807) is 54.5 Å². The molecule has 11 heteroatoms. The van der Waals surface area contributed by atoms with Gasteiger partial charge < -0.3 is 33.7 Å². The third-order valence-corrected chi connectivity index (χ3v) is 4.04. The van der Waals surface area contributed by atoms with Crippen LogP contribution in [0.1, 0.15) is 62.3 Å². The van der Waals surface area contributed by atoms with Crippen molar-refractivity contribution in [3.63, 3.8) is 0 Å². The average molecular weight is 488 g/mol. The van der Waals surface area contributed by atoms with Crippen molar-refractivity contribution in [1.82, 2.24) is 5.32 Å². The first-order valence-electron chi connectivity index (χ1n) is 11.0. The molecule has 5 atom stereocenters. The van der Waals surface area contributed by atoms with Crippen LogP contribution < -0.4 is 5.32 Å². The highest BCUT2D eigenvalue weighted by molar-refractivity contribution is 5.82. The van der Waals surface area contributed by atoms with Crippen LogP contribution in [0.5, 0.6) is 0 Å². The molecule has 1 rings (SSSR count). The van der Waals surface area contributed by atoms with Gasteiger partial charge in [0.05, 0.1) is 6.10 Å². The lowest BCUT2D eigenvalue weighted by molar-refractivity contribution is -0.213. The van der Waals surface area contributed by atoms with E-state index in [1.165, 1.54) is 19.9 Å². The van der Waals surface area contributed by atoms with Crippen LogP contribution in [0.25, 0.3) is 0 Å². The smallest absolute Gasteiger partial charge is 0.408 e. The molecule has 0 saturated carbocycles. The summed E-state index contributed by atoms with van der Waals surface area (Å²) in [5.74, 6) is -1.79. The van der Waals surface area contributed by atoms with E-state index in [-0.39, 0.29) is 6.61 Å². The fourth-order valence-electron chi connectivity index (χ4n) is 2.79. The summed E-state index contributed by atoms with van der Waals surface area (Å²) in [5.41, 5.74) is -1.59. The van der Waals surface area contributed by atoms with E-state index in [0.29, 0.717) is 0 Å². The Morgan fingerprint density at radius 1 is 0.941 bits per heavy atom. The second-order valence-corrected chi connectivity index (χ2v) is 9.80. The maximum atomic E-state index is 12.8. The topological polar surface area (TPSA) is 136 Å². The molecule has 1 aliphatic rings. The third kappa shape index (κ3) is 11.5. The molecule has 0 aliphatic carbocycles. The van der Waals surface area contributed by atoms with Gasteiger partial charge in [0.1, 0.15) is 30.0 Å². The van der Waals surface area contributed by atoms with E-state index in [4.69, 9.17) is 28.4 Å². The molecule has 0 saturated heterocycles. The SMILES string of the molecule is CC(=O)OC[C@H]1O[C@H](O[C@H](C)[C@@H](NC(=O)OC(C)(C)C)C(=O)OC(C)(C)C)C=C[C@@H]1OC(C)=O. The van der Waals surface area contributed by atoms with Crippen LogP contribution in [0, 0.1) is 0 Å². The van der Waals surface area contributed by atoms with Crippen molar-refractivity contribution in [1.29, 1.82) is 0 Å². The van der Waals surface area contributed by atoms with Crippen LogP contribution in [-0.4, -0.2) is 72.5 Å². The molecular formula is C23H37NO10. The number of nitrogens with one attached hydrogen (secondary N) is 1. The summed E-state index contributed by atoms with van der Waals surface area (Å²) < 4.78 is 32.5. The van der Waals surface area contributed by atoms with E-state index in [2.05, 4.69) is 5.32 Å². The van der Waals surface area contributed by atoms with Gasteiger partial charge in [-0.2, -0.15) is 0 Å². The highest BCUT2D eigenvalue weighted by atomic mass is 16.7. The van der Waals surface area contributed by atoms with Crippen molar-refractivity contribution in [3.8, 4) is 0 Å². The second-order valence-electron chi connectivity index (χ2n) is 9.80. The Bertz CT molecular complexity index is 765. The summed E-state index contributed by atoms with van der Waals surface area (Å²) in [7, 11) is 0. The van der Waals surface area contributed by atoms with Crippen LogP contribution in [0.2, 0.25) is 0 Å². The fourth-order valence-corrected chi connectivity index (χ4v) is 2.79. The predicted molar refractivity (Wildman–Crippen MR) is 120 cm³/mol. The summed E-state index contributed by atoms with van der Waals surface area (Å²) >= 11 is 0. The van der Waals surface area contributed by atoms with Gasteiger partial charge in [-0.15, -0.1) is 0 Å². The number of carbonyl (C=O) groups is 4. The summed E-state index contributed by atoms with van der Waals surface area (Å²) in [6.45, 7) is 14.0. The second kappa shape index (κ2) is 12.2. The van der Waals surface area contributed by atoms with E-state index in [9.17, 15) is 19.2 Å². The summed E-state index contributed by atoms with van der Waals surface area (Å²) in [6.07, 6.45) is -1.33. The Labute approximate surface area is 200 Å². The third-order valence-electron chi connectivity index (χ3n) is 4.04. The molecule has 0 spiro atoms. The van der Waals surface area contributed by atoms with Crippen molar-refractivity contribution in [2.24, 2.45) is 0 Å². The number of amides is 1. The van der Waals surface area contributed by atoms with Gasteiger partial charge >= 0.3 is 24.0 Å². The van der Waals surface area contributed by atoms with Gasteiger partial charge in [0, 0.05) is 13.8 Å². The average Bonchev–Trinajstić information content (AvgIpc) is 2.62. The molecule has 194 valence electrons. The van der Waals surface area contributed by atoms with Gasteiger partial charge in [-0.3, -0.25) is 9.59 Å². The molecule has 0 fully saturated rings. The normalized spacial score (nSPS) is 22.2. The zero-order valence-electron chi connectivity index (χ0n) is 21.3. The zero-order chi connectivity index (χ0) is 26.3. The number of hydrogen-bond donors (Lipinski definition) is 1. The molecule has 0 aromatic carbocycles. The quantitative estimate of drug-likeness (QED) is 0.309. The fraction of sp³-hybridized carbons (Fsp3) is 0.739. The zero-order valence-corrected chi connectivity index (χ0v) is 21.3. The van der Waals surface area contributed by atoms with Crippen molar-refractivity contribution in [2.75, 3.05) is 6.61 Å². The molecular weight excluding hydrogens is 450 g/mol. The largest absolute Gasteiger partial charge is 0.463 e. The number of esters is 3. The highest BCUT2D eigenvalue weighted by Crippen LogP contribution is 2.21. The monoisotopic (exact) mass is 487 g/mol. The van der Waals surface area contributed by atoms with Gasteiger partial charge in [-0.05, 0) is 60.6 Å². The molecule has 0 aromatic rings. The Morgan fingerprint density at radius 2 is 1.53 bits per heavy atom.